The summed E-state index contributed by atoms with van der Waals surface area (Å²) in [6.07, 6.45) is 1.23. The number of rotatable bonds is 4. The Kier molecular flexibility index (Phi) is 4.37. The number of morpholine rings is 1. The van der Waals surface area contributed by atoms with Crippen LogP contribution < -0.4 is 0 Å². The van der Waals surface area contributed by atoms with Crippen LogP contribution >= 0.6 is 0 Å². The number of hydrogen-bond donors (Lipinski definition) is 0. The van der Waals surface area contributed by atoms with Crippen LogP contribution in [0.4, 0.5) is 8.78 Å². The van der Waals surface area contributed by atoms with E-state index in [1.165, 1.54) is 12.5 Å². The van der Waals surface area contributed by atoms with Crippen molar-refractivity contribution in [2.24, 2.45) is 16.7 Å². The summed E-state index contributed by atoms with van der Waals surface area (Å²) in [6.45, 7) is 12.1. The van der Waals surface area contributed by atoms with Gasteiger partial charge in [-0.25, -0.2) is 8.78 Å². The van der Waals surface area contributed by atoms with Gasteiger partial charge in [-0.15, -0.1) is 0 Å². The summed E-state index contributed by atoms with van der Waals surface area (Å²) < 4.78 is 32.7. The Hall–Kier alpha value is -1.04. The molecule has 2 atom stereocenters. The predicted octanol–water partition coefficient (Wildman–Crippen LogP) is 3.15. The molecule has 1 aromatic carbocycles. The standard InChI is InChI=1S/C20H28F2N2O/c1-19(2)12-20(13-23-5-7-25-8-6-23)14-24(11-18(19)20)10-15-3-4-16(21)9-17(15)22/h3-4,9,18H,5-8,10-14H2,1-2H3/t18-,20+/m1/s1. The van der Waals surface area contributed by atoms with Gasteiger partial charge in [-0.2, -0.15) is 0 Å². The fourth-order valence-electron chi connectivity index (χ4n) is 5.66. The third-order valence-corrected chi connectivity index (χ3v) is 6.52. The van der Waals surface area contributed by atoms with Crippen molar-refractivity contribution in [1.82, 2.24) is 9.80 Å². The summed E-state index contributed by atoms with van der Waals surface area (Å²) in [5, 5.41) is 0. The van der Waals surface area contributed by atoms with E-state index >= 15 is 0 Å². The van der Waals surface area contributed by atoms with Crippen molar-refractivity contribution in [2.45, 2.75) is 26.8 Å². The highest BCUT2D eigenvalue weighted by Crippen LogP contribution is 2.63. The van der Waals surface area contributed by atoms with Crippen molar-refractivity contribution in [3.63, 3.8) is 0 Å². The topological polar surface area (TPSA) is 15.7 Å². The molecule has 0 bridgehead atoms. The Bertz CT molecular complexity index is 645. The largest absolute Gasteiger partial charge is 0.379 e. The predicted molar refractivity (Wildman–Crippen MR) is 93.2 cm³/mol. The average Bonchev–Trinajstić information content (AvgIpc) is 2.85. The van der Waals surface area contributed by atoms with Crippen LogP contribution in [0.25, 0.3) is 0 Å². The molecule has 0 amide bonds. The first-order valence-electron chi connectivity index (χ1n) is 9.34. The third-order valence-electron chi connectivity index (χ3n) is 6.52. The number of benzene rings is 1. The van der Waals surface area contributed by atoms with E-state index in [9.17, 15) is 8.78 Å². The smallest absolute Gasteiger partial charge is 0.130 e. The Balaban J connectivity index is 1.47. The molecule has 0 unspecified atom stereocenters. The highest BCUT2D eigenvalue weighted by Gasteiger charge is 2.62. The summed E-state index contributed by atoms with van der Waals surface area (Å²) in [5.41, 5.74) is 1.27. The number of hydrogen-bond acceptors (Lipinski definition) is 3. The van der Waals surface area contributed by atoms with Crippen molar-refractivity contribution in [3.05, 3.63) is 35.4 Å². The first-order valence-corrected chi connectivity index (χ1v) is 9.34. The molecule has 3 aliphatic rings. The molecule has 1 aliphatic carbocycles. The molecule has 3 fully saturated rings. The van der Waals surface area contributed by atoms with Crippen LogP contribution in [0.15, 0.2) is 18.2 Å². The monoisotopic (exact) mass is 350 g/mol. The second-order valence-electron chi connectivity index (χ2n) is 8.87. The van der Waals surface area contributed by atoms with Crippen molar-refractivity contribution in [2.75, 3.05) is 45.9 Å². The van der Waals surface area contributed by atoms with E-state index in [4.69, 9.17) is 4.74 Å². The van der Waals surface area contributed by atoms with Crippen molar-refractivity contribution >= 4 is 0 Å². The van der Waals surface area contributed by atoms with Crippen molar-refractivity contribution in [1.29, 1.82) is 0 Å². The quantitative estimate of drug-likeness (QED) is 0.830. The molecule has 2 saturated heterocycles. The van der Waals surface area contributed by atoms with E-state index in [0.29, 0.717) is 28.9 Å². The summed E-state index contributed by atoms with van der Waals surface area (Å²) in [6, 6.07) is 3.94. The van der Waals surface area contributed by atoms with E-state index in [1.54, 1.807) is 6.07 Å². The fourth-order valence-corrected chi connectivity index (χ4v) is 5.66. The molecular weight excluding hydrogens is 322 g/mol. The van der Waals surface area contributed by atoms with Crippen molar-refractivity contribution in [3.8, 4) is 0 Å². The van der Waals surface area contributed by atoms with Crippen LogP contribution in [0.1, 0.15) is 25.8 Å². The molecular formula is C20H28F2N2O. The summed E-state index contributed by atoms with van der Waals surface area (Å²) in [7, 11) is 0. The molecule has 0 aromatic heterocycles. The van der Waals surface area contributed by atoms with Crippen molar-refractivity contribution < 1.29 is 13.5 Å². The van der Waals surface area contributed by atoms with Gasteiger partial charge in [0, 0.05) is 56.3 Å². The molecule has 2 heterocycles. The molecule has 4 rings (SSSR count). The van der Waals surface area contributed by atoms with Crippen LogP contribution in [0.3, 0.4) is 0 Å². The first-order chi connectivity index (χ1) is 11.9. The lowest BCUT2D eigenvalue weighted by atomic mass is 9.48. The van der Waals surface area contributed by atoms with E-state index in [0.717, 1.165) is 52.0 Å². The van der Waals surface area contributed by atoms with Gasteiger partial charge in [0.15, 0.2) is 0 Å². The maximum atomic E-state index is 14.0. The Labute approximate surface area is 148 Å². The minimum atomic E-state index is -0.507. The van der Waals surface area contributed by atoms with E-state index in [1.807, 2.05) is 0 Å². The highest BCUT2D eigenvalue weighted by atomic mass is 19.1. The SMILES string of the molecule is CC1(C)C[C@]2(CN3CCOCC3)CN(Cc3ccc(F)cc3F)C[C@H]12. The molecule has 0 spiro atoms. The molecule has 0 radical (unpaired) electrons. The minimum Gasteiger partial charge on any atom is -0.379 e. The van der Waals surface area contributed by atoms with Gasteiger partial charge in [-0.3, -0.25) is 9.80 Å². The first kappa shape index (κ1) is 17.4. The van der Waals surface area contributed by atoms with Gasteiger partial charge in [0.05, 0.1) is 13.2 Å². The number of fused-ring (bicyclic) bond motifs is 1. The van der Waals surface area contributed by atoms with Gasteiger partial charge in [0.2, 0.25) is 0 Å². The molecule has 3 nitrogen and oxygen atoms in total. The van der Waals surface area contributed by atoms with Gasteiger partial charge in [-0.05, 0) is 23.8 Å². The number of halogens is 2. The van der Waals surface area contributed by atoms with Crippen LogP contribution in [0.5, 0.6) is 0 Å². The highest BCUT2D eigenvalue weighted by molar-refractivity contribution is 5.20. The Morgan fingerprint density at radius 2 is 1.92 bits per heavy atom. The molecule has 1 saturated carbocycles. The van der Waals surface area contributed by atoms with Crippen LogP contribution in [0, 0.1) is 28.4 Å². The average molecular weight is 350 g/mol. The van der Waals surface area contributed by atoms with Gasteiger partial charge in [0.25, 0.3) is 0 Å². The normalized spacial score (nSPS) is 32.4. The number of likely N-dealkylation sites (tertiary alicyclic amines) is 1. The fraction of sp³-hybridized carbons (Fsp3) is 0.700. The van der Waals surface area contributed by atoms with Crippen LogP contribution in [-0.4, -0.2) is 55.7 Å². The second kappa shape index (κ2) is 6.29. The Morgan fingerprint density at radius 3 is 2.60 bits per heavy atom. The molecule has 2 aliphatic heterocycles. The second-order valence-corrected chi connectivity index (χ2v) is 8.87. The van der Waals surface area contributed by atoms with Crippen LogP contribution in [-0.2, 0) is 11.3 Å². The Morgan fingerprint density at radius 1 is 1.16 bits per heavy atom. The maximum Gasteiger partial charge on any atom is 0.130 e. The van der Waals surface area contributed by atoms with Gasteiger partial charge >= 0.3 is 0 Å². The van der Waals surface area contributed by atoms with E-state index < -0.39 is 11.6 Å². The summed E-state index contributed by atoms with van der Waals surface area (Å²) in [4.78, 5) is 4.91. The lowest BCUT2D eigenvalue weighted by molar-refractivity contribution is -0.0967. The van der Waals surface area contributed by atoms with E-state index in [-0.39, 0.29) is 0 Å². The van der Waals surface area contributed by atoms with E-state index in [2.05, 4.69) is 23.6 Å². The number of ether oxygens (including phenoxy) is 1. The lowest BCUT2D eigenvalue weighted by Gasteiger charge is -2.58. The third kappa shape index (κ3) is 3.22. The zero-order valence-electron chi connectivity index (χ0n) is 15.2. The number of nitrogens with zero attached hydrogens (tertiary/aromatic N) is 2. The molecule has 5 heteroatoms. The maximum absolute atomic E-state index is 14.0. The molecule has 25 heavy (non-hydrogen) atoms. The van der Waals surface area contributed by atoms with Gasteiger partial charge in [0.1, 0.15) is 11.6 Å². The minimum absolute atomic E-state index is 0.317. The summed E-state index contributed by atoms with van der Waals surface area (Å²) in [5.74, 6) is -0.292. The van der Waals surface area contributed by atoms with Crippen LogP contribution in [0.2, 0.25) is 0 Å². The lowest BCUT2D eigenvalue weighted by Crippen LogP contribution is -2.59. The summed E-state index contributed by atoms with van der Waals surface area (Å²) >= 11 is 0. The molecule has 138 valence electrons. The molecule has 0 N–H and O–H groups in total. The van der Waals surface area contributed by atoms with Gasteiger partial charge in [-0.1, -0.05) is 19.9 Å². The van der Waals surface area contributed by atoms with Gasteiger partial charge < -0.3 is 4.74 Å². The zero-order chi connectivity index (χ0) is 17.7. The zero-order valence-corrected chi connectivity index (χ0v) is 15.2. The molecule has 1 aromatic rings.